The Morgan fingerprint density at radius 2 is 1.55 bits per heavy atom. The van der Waals surface area contributed by atoms with E-state index in [0.717, 1.165) is 38.2 Å². The van der Waals surface area contributed by atoms with Gasteiger partial charge in [0.2, 0.25) is 0 Å². The molecule has 0 spiro atoms. The molecule has 2 heterocycles. The third-order valence-corrected chi connectivity index (χ3v) is 4.79. The number of nitrogens with zero attached hydrogens (tertiary/aromatic N) is 3. The number of aryl methyl sites for hydroxylation is 1. The topological polar surface area (TPSA) is 41.3 Å². The van der Waals surface area contributed by atoms with Crippen molar-refractivity contribution in [2.45, 2.75) is 52.3 Å². The molecule has 1 fully saturated rings. The van der Waals surface area contributed by atoms with Gasteiger partial charge in [-0.2, -0.15) is 0 Å². The molecule has 2 aromatic carbocycles. The van der Waals surface area contributed by atoms with Gasteiger partial charge in [0.25, 0.3) is 0 Å². The van der Waals surface area contributed by atoms with Crippen LogP contribution in [0.1, 0.15) is 37.9 Å². The molecule has 0 amide bonds. The molecule has 0 saturated carbocycles. The highest BCUT2D eigenvalue weighted by atomic mass is 16.3. The second kappa shape index (κ2) is 12.2. The summed E-state index contributed by atoms with van der Waals surface area (Å²) in [5, 5.41) is 10.9. The zero-order valence-electron chi connectivity index (χ0n) is 18.0. The predicted molar refractivity (Wildman–Crippen MR) is 121 cm³/mol. The molecule has 1 aliphatic rings. The fourth-order valence-corrected chi connectivity index (χ4v) is 3.59. The van der Waals surface area contributed by atoms with Gasteiger partial charge in [-0.15, -0.1) is 0 Å². The summed E-state index contributed by atoms with van der Waals surface area (Å²) in [6, 6.07) is 22.5. The van der Waals surface area contributed by atoms with Crippen LogP contribution >= 0.6 is 0 Å². The Hall–Kier alpha value is -2.43. The summed E-state index contributed by atoms with van der Waals surface area (Å²) in [6.45, 7) is 9.29. The summed E-state index contributed by atoms with van der Waals surface area (Å²) in [7, 11) is 0. The Bertz CT molecular complexity index is 761. The van der Waals surface area contributed by atoms with Crippen molar-refractivity contribution in [2.75, 3.05) is 13.1 Å². The van der Waals surface area contributed by atoms with Gasteiger partial charge in [0.15, 0.2) is 0 Å². The van der Waals surface area contributed by atoms with Crippen LogP contribution < -0.4 is 0 Å². The fourth-order valence-electron chi connectivity index (χ4n) is 3.59. The molecule has 4 heteroatoms. The van der Waals surface area contributed by atoms with Gasteiger partial charge in [-0.3, -0.25) is 4.90 Å². The van der Waals surface area contributed by atoms with E-state index in [0.29, 0.717) is 6.54 Å². The average molecular weight is 394 g/mol. The number of rotatable bonds is 4. The number of imidazole rings is 1. The summed E-state index contributed by atoms with van der Waals surface area (Å²) in [5.74, 6) is 0. The monoisotopic (exact) mass is 393 g/mol. The molecule has 1 aliphatic heterocycles. The second-order valence-electron chi connectivity index (χ2n) is 7.37. The van der Waals surface area contributed by atoms with E-state index in [1.807, 2.05) is 80.3 Å². The maximum Gasteiger partial charge on any atom is 0.0952 e. The highest BCUT2D eigenvalue weighted by Crippen LogP contribution is 2.24. The Morgan fingerprint density at radius 1 is 0.966 bits per heavy atom. The summed E-state index contributed by atoms with van der Waals surface area (Å²) >= 11 is 0. The molecule has 4 nitrogen and oxygen atoms in total. The molecule has 156 valence electrons. The summed E-state index contributed by atoms with van der Waals surface area (Å²) in [5.41, 5.74) is 1.65. The Labute approximate surface area is 175 Å². The van der Waals surface area contributed by atoms with Crippen LogP contribution in [0.4, 0.5) is 0 Å². The van der Waals surface area contributed by atoms with Crippen LogP contribution in [0.3, 0.4) is 0 Å². The summed E-state index contributed by atoms with van der Waals surface area (Å²) < 4.78 is 2.00. The predicted octanol–water partition coefficient (Wildman–Crippen LogP) is 4.93. The van der Waals surface area contributed by atoms with Crippen LogP contribution in [0.5, 0.6) is 0 Å². The van der Waals surface area contributed by atoms with E-state index in [4.69, 9.17) is 0 Å². The molecule has 1 aromatic heterocycles. The molecular formula is C25H35N3O. The molecule has 0 radical (unpaired) electrons. The van der Waals surface area contributed by atoms with Crippen molar-refractivity contribution in [2.24, 2.45) is 0 Å². The number of hydrogen-bond acceptors (Lipinski definition) is 3. The van der Waals surface area contributed by atoms with Crippen molar-refractivity contribution in [3.8, 4) is 0 Å². The average Bonchev–Trinajstić information content (AvgIpc) is 3.16. The summed E-state index contributed by atoms with van der Waals surface area (Å²) in [6.07, 6.45) is 5.70. The third kappa shape index (κ3) is 8.22. The van der Waals surface area contributed by atoms with E-state index < -0.39 is 5.60 Å². The Balaban J connectivity index is 0.000000317. The van der Waals surface area contributed by atoms with Crippen molar-refractivity contribution in [1.29, 1.82) is 0 Å². The summed E-state index contributed by atoms with van der Waals surface area (Å²) in [4.78, 5) is 6.59. The number of likely N-dealkylation sites (tertiary alicyclic amines) is 1. The smallest absolute Gasteiger partial charge is 0.0952 e. The molecule has 3 aromatic rings. The Morgan fingerprint density at radius 3 is 2.10 bits per heavy atom. The lowest BCUT2D eigenvalue weighted by Crippen LogP contribution is -2.50. The Kier molecular flexibility index (Phi) is 9.62. The second-order valence-corrected chi connectivity index (χ2v) is 7.37. The minimum atomic E-state index is -0.653. The standard InChI is InChI=1S/C17H23N3O.C6H6.C2H6/c1-15-10-20(14-18-15)13-17(21)8-5-9-19(12-17)11-16-6-3-2-4-7-16;1-2-4-6-5-3-1;1-2/h2-4,6-7,10,14,21H,5,8-9,11-13H2,1H3;1-6H;1-2H3. The molecule has 1 saturated heterocycles. The van der Waals surface area contributed by atoms with Gasteiger partial charge in [0.1, 0.15) is 0 Å². The first-order valence-corrected chi connectivity index (χ1v) is 10.6. The van der Waals surface area contributed by atoms with Gasteiger partial charge >= 0.3 is 0 Å². The number of benzene rings is 2. The number of hydrogen-bond donors (Lipinski definition) is 1. The van der Waals surface area contributed by atoms with E-state index in [1.165, 1.54) is 5.56 Å². The van der Waals surface area contributed by atoms with Gasteiger partial charge in [-0.25, -0.2) is 4.98 Å². The number of aromatic nitrogens is 2. The maximum absolute atomic E-state index is 10.9. The van der Waals surface area contributed by atoms with Gasteiger partial charge in [0, 0.05) is 19.3 Å². The minimum Gasteiger partial charge on any atom is -0.387 e. The number of β-amino-alcohol motifs (C(OH)–C–C–N with tert-alkyl or cyclic N) is 1. The van der Waals surface area contributed by atoms with E-state index in [2.05, 4.69) is 34.1 Å². The fraction of sp³-hybridized carbons (Fsp3) is 0.400. The van der Waals surface area contributed by atoms with E-state index in [1.54, 1.807) is 0 Å². The SMILES string of the molecule is CC.Cc1cn(CC2(O)CCCN(Cc3ccccc3)C2)cn1.c1ccccc1. The van der Waals surface area contributed by atoms with Gasteiger partial charge in [0.05, 0.1) is 24.2 Å². The van der Waals surface area contributed by atoms with Crippen molar-refractivity contribution in [3.05, 3.63) is 90.5 Å². The highest BCUT2D eigenvalue weighted by Gasteiger charge is 2.33. The molecule has 0 bridgehead atoms. The lowest BCUT2D eigenvalue weighted by atomic mass is 9.92. The highest BCUT2D eigenvalue weighted by molar-refractivity contribution is 5.14. The minimum absolute atomic E-state index is 0.624. The zero-order chi connectivity index (χ0) is 21.0. The van der Waals surface area contributed by atoms with Crippen LogP contribution in [-0.2, 0) is 13.1 Å². The van der Waals surface area contributed by atoms with Crippen LogP contribution in [0.2, 0.25) is 0 Å². The molecule has 1 atom stereocenters. The van der Waals surface area contributed by atoms with Crippen molar-refractivity contribution in [3.63, 3.8) is 0 Å². The molecule has 4 rings (SSSR count). The molecule has 29 heavy (non-hydrogen) atoms. The van der Waals surface area contributed by atoms with Gasteiger partial charge in [-0.05, 0) is 31.9 Å². The van der Waals surface area contributed by atoms with Crippen molar-refractivity contribution >= 4 is 0 Å². The van der Waals surface area contributed by atoms with Crippen LogP contribution in [0.15, 0.2) is 79.3 Å². The quantitative estimate of drug-likeness (QED) is 0.683. The van der Waals surface area contributed by atoms with Crippen LogP contribution in [-0.4, -0.2) is 38.2 Å². The molecular weight excluding hydrogens is 358 g/mol. The first-order valence-electron chi connectivity index (χ1n) is 10.6. The van der Waals surface area contributed by atoms with Gasteiger partial charge < -0.3 is 9.67 Å². The number of aliphatic hydroxyl groups is 1. The largest absolute Gasteiger partial charge is 0.387 e. The number of piperidine rings is 1. The van der Waals surface area contributed by atoms with Crippen molar-refractivity contribution in [1.82, 2.24) is 14.5 Å². The van der Waals surface area contributed by atoms with E-state index >= 15 is 0 Å². The lowest BCUT2D eigenvalue weighted by Gasteiger charge is -2.39. The van der Waals surface area contributed by atoms with Crippen LogP contribution in [0.25, 0.3) is 0 Å². The van der Waals surface area contributed by atoms with Gasteiger partial charge in [-0.1, -0.05) is 80.6 Å². The van der Waals surface area contributed by atoms with E-state index in [9.17, 15) is 5.11 Å². The third-order valence-electron chi connectivity index (χ3n) is 4.79. The molecule has 1 N–H and O–H groups in total. The first kappa shape index (κ1) is 22.9. The molecule has 0 aliphatic carbocycles. The molecule has 1 unspecified atom stereocenters. The zero-order valence-corrected chi connectivity index (χ0v) is 18.0. The maximum atomic E-state index is 10.9. The normalized spacial score (nSPS) is 18.8. The lowest BCUT2D eigenvalue weighted by molar-refractivity contribution is -0.0454. The van der Waals surface area contributed by atoms with E-state index in [-0.39, 0.29) is 0 Å². The van der Waals surface area contributed by atoms with Crippen LogP contribution in [0, 0.1) is 6.92 Å². The first-order chi connectivity index (χ1) is 14.1. The van der Waals surface area contributed by atoms with Crippen molar-refractivity contribution < 1.29 is 5.11 Å².